The van der Waals surface area contributed by atoms with Gasteiger partial charge in [-0.15, -0.1) is 0 Å². The van der Waals surface area contributed by atoms with E-state index in [4.69, 9.17) is 5.11 Å². The average Bonchev–Trinajstić information content (AvgIpc) is 1.36. The van der Waals surface area contributed by atoms with Gasteiger partial charge in [-0.25, -0.2) is 4.79 Å². The Kier molecular flexibility index (Phi) is 9.35. The molecular weight excluding hydrogens is 161 g/mol. The summed E-state index contributed by atoms with van der Waals surface area (Å²) in [6.45, 7) is 0. The minimum atomic E-state index is -1.18. The molecule has 0 aromatic rings. The number of rotatable bonds is 0. The van der Waals surface area contributed by atoms with Gasteiger partial charge in [0.1, 0.15) is 0 Å². The maximum atomic E-state index is 9.47. The topological polar surface area (TPSA) is 40.5 Å². The van der Waals surface area contributed by atoms with E-state index in [2.05, 4.69) is 25.6 Å². The molecule has 0 saturated carbocycles. The molecule has 0 bridgehead atoms. The van der Waals surface area contributed by atoms with Crippen LogP contribution in [0.15, 0.2) is 0 Å². The minimum Gasteiger partial charge on any atom is -1.00 e. The van der Waals surface area contributed by atoms with Crippen molar-refractivity contribution < 1.29 is 62.7 Å². The molecule has 0 rings (SSSR count). The predicted molar refractivity (Wildman–Crippen MR) is 28.9 cm³/mol. The second-order valence-corrected chi connectivity index (χ2v) is 1.69. The molecule has 6 heteroatoms. The number of amides is 1. The van der Waals surface area contributed by atoms with Crippen LogP contribution in [0.3, 0.4) is 0 Å². The monoisotopic (exact) mass is 165 g/mol. The number of carbonyl (C=O) groups is 1. The second-order valence-electron chi connectivity index (χ2n) is 0.572. The Balaban J connectivity index is -0.000000125. The largest absolute Gasteiger partial charge is 1.00 e. The smallest absolute Gasteiger partial charge is 1.00 e. The van der Waals surface area contributed by atoms with Gasteiger partial charge in [-0.2, -0.15) is 3.71 Å². The summed E-state index contributed by atoms with van der Waals surface area (Å²) in [6, 6.07) is 0. The van der Waals surface area contributed by atoms with Gasteiger partial charge < -0.3 is 6.53 Å². The quantitative estimate of drug-likeness (QED) is 0.281. The molecule has 1 amide bonds. The molecule has 0 fully saturated rings. The maximum absolute atomic E-state index is 9.47. The van der Waals surface area contributed by atoms with E-state index in [0.717, 1.165) is 0 Å². The van der Waals surface area contributed by atoms with E-state index in [9.17, 15) is 4.79 Å². The zero-order valence-corrected chi connectivity index (χ0v) is 8.61. The molecule has 0 saturated heterocycles. The summed E-state index contributed by atoms with van der Waals surface area (Å²) >= 11 is 6.58. The van der Waals surface area contributed by atoms with Gasteiger partial charge in [-0.1, -0.05) is 0 Å². The Bertz CT molecular complexity index is 71.1. The summed E-state index contributed by atoms with van der Waals surface area (Å²) in [4.78, 5) is 9.47. The molecule has 0 radical (unpaired) electrons. The SMILES string of the molecule is O=C(O)N(S)S.[H-].[K+]. The fourth-order valence-corrected chi connectivity index (χ4v) is 0. The average molecular weight is 165 g/mol. The Labute approximate surface area is 96.4 Å². The van der Waals surface area contributed by atoms with Crippen molar-refractivity contribution in [3.63, 3.8) is 0 Å². The van der Waals surface area contributed by atoms with Gasteiger partial charge in [0.05, 0.1) is 0 Å². The molecule has 38 valence electrons. The van der Waals surface area contributed by atoms with Crippen LogP contribution in [0.25, 0.3) is 0 Å². The first-order chi connectivity index (χ1) is 2.64. The van der Waals surface area contributed by atoms with E-state index < -0.39 is 6.09 Å². The zero-order chi connectivity index (χ0) is 5.15. The molecule has 0 atom stereocenters. The molecule has 0 aromatic carbocycles. The first-order valence-electron chi connectivity index (χ1n) is 1.05. The van der Waals surface area contributed by atoms with E-state index in [1.165, 1.54) is 0 Å². The molecule has 3 nitrogen and oxygen atoms in total. The van der Waals surface area contributed by atoms with Gasteiger partial charge in [0.25, 0.3) is 0 Å². The fourth-order valence-electron chi connectivity index (χ4n) is 0. The van der Waals surface area contributed by atoms with Crippen molar-refractivity contribution in [1.29, 1.82) is 0 Å². The van der Waals surface area contributed by atoms with Gasteiger partial charge in [0, 0.05) is 0 Å². The maximum Gasteiger partial charge on any atom is 1.00 e. The van der Waals surface area contributed by atoms with Crippen LogP contribution in [0.4, 0.5) is 4.79 Å². The number of hydrogen-bond donors (Lipinski definition) is 3. The first kappa shape index (κ1) is 11.4. The van der Waals surface area contributed by atoms with Crippen molar-refractivity contribution >= 4 is 31.7 Å². The second kappa shape index (κ2) is 5.74. The number of carboxylic acid groups (broad SMARTS) is 1. The summed E-state index contributed by atoms with van der Waals surface area (Å²) in [6.07, 6.45) is -1.18. The van der Waals surface area contributed by atoms with Crippen LogP contribution < -0.4 is 51.4 Å². The van der Waals surface area contributed by atoms with Gasteiger partial charge >= 0.3 is 57.5 Å². The van der Waals surface area contributed by atoms with Crippen LogP contribution in [0.1, 0.15) is 1.43 Å². The van der Waals surface area contributed by atoms with E-state index in [0.29, 0.717) is 3.71 Å². The molecule has 7 heavy (non-hydrogen) atoms. The van der Waals surface area contributed by atoms with E-state index in [1.54, 1.807) is 0 Å². The molecular formula is CH4KNO2S2. The van der Waals surface area contributed by atoms with E-state index >= 15 is 0 Å². The van der Waals surface area contributed by atoms with Gasteiger partial charge in [-0.3, -0.25) is 0 Å². The zero-order valence-electron chi connectivity index (χ0n) is 4.70. The van der Waals surface area contributed by atoms with Crippen molar-refractivity contribution in [1.82, 2.24) is 3.71 Å². The summed E-state index contributed by atoms with van der Waals surface area (Å²) in [7, 11) is 0. The standard InChI is InChI=1S/CH3NO2S2.K.H/c3-1(4)2(5)6;;/h5-6H,(H,3,4);;/q;+1;-1. The first-order valence-corrected chi connectivity index (χ1v) is 1.85. The van der Waals surface area contributed by atoms with E-state index in [-0.39, 0.29) is 52.8 Å². The van der Waals surface area contributed by atoms with Crippen LogP contribution in [0.2, 0.25) is 0 Å². The van der Waals surface area contributed by atoms with Crippen molar-refractivity contribution in [2.45, 2.75) is 0 Å². The van der Waals surface area contributed by atoms with Gasteiger partial charge in [0.15, 0.2) is 0 Å². The molecule has 0 aliphatic heterocycles. The molecule has 1 N–H and O–H groups in total. The molecule has 0 spiro atoms. The number of thiol groups is 2. The van der Waals surface area contributed by atoms with Crippen LogP contribution >= 0.6 is 25.6 Å². The van der Waals surface area contributed by atoms with Crippen molar-refractivity contribution in [2.24, 2.45) is 0 Å². The summed E-state index contributed by atoms with van der Waals surface area (Å²) in [5.74, 6) is 0. The third-order valence-corrected chi connectivity index (χ3v) is 0.513. The molecule has 0 unspecified atom stereocenters. The third-order valence-electron chi connectivity index (χ3n) is 0.171. The van der Waals surface area contributed by atoms with Crippen molar-refractivity contribution in [3.8, 4) is 0 Å². The summed E-state index contributed by atoms with van der Waals surface area (Å²) < 4.78 is 0.472. The number of hydrogen-bond acceptors (Lipinski definition) is 3. The molecule has 0 aliphatic carbocycles. The van der Waals surface area contributed by atoms with Crippen LogP contribution in [0.5, 0.6) is 0 Å². The van der Waals surface area contributed by atoms with Crippen molar-refractivity contribution in [2.75, 3.05) is 0 Å². The Hall–Kier alpha value is 1.61. The normalized spacial score (nSPS) is 6.57. The van der Waals surface area contributed by atoms with Gasteiger partial charge in [0.2, 0.25) is 0 Å². The minimum absolute atomic E-state index is 0. The van der Waals surface area contributed by atoms with Crippen LogP contribution in [-0.2, 0) is 0 Å². The summed E-state index contributed by atoms with van der Waals surface area (Å²) in [5.41, 5.74) is 0. The fraction of sp³-hybridized carbons (Fsp3) is 0. The van der Waals surface area contributed by atoms with E-state index in [1.807, 2.05) is 0 Å². The predicted octanol–water partition coefficient (Wildman–Crippen LogP) is -2.23. The van der Waals surface area contributed by atoms with Gasteiger partial charge in [-0.05, 0) is 25.6 Å². The Morgan fingerprint density at radius 3 is 1.86 bits per heavy atom. The van der Waals surface area contributed by atoms with Crippen molar-refractivity contribution in [3.05, 3.63) is 0 Å². The number of nitrogens with zero attached hydrogens (tertiary/aromatic N) is 1. The van der Waals surface area contributed by atoms with Crippen LogP contribution in [-0.4, -0.2) is 14.9 Å². The molecule has 0 heterocycles. The Morgan fingerprint density at radius 1 is 1.71 bits per heavy atom. The molecule has 0 aromatic heterocycles. The van der Waals surface area contributed by atoms with Crippen LogP contribution in [0, 0.1) is 0 Å². The molecule has 0 aliphatic rings. The third kappa shape index (κ3) is 7.61. The summed E-state index contributed by atoms with van der Waals surface area (Å²) in [5, 5.41) is 7.76. The Morgan fingerprint density at radius 2 is 1.86 bits per heavy atom.